The van der Waals surface area contributed by atoms with Gasteiger partial charge in [-0.25, -0.2) is 0 Å². The lowest BCUT2D eigenvalue weighted by molar-refractivity contribution is -0.139. The molecule has 0 saturated carbocycles. The molecule has 4 heterocycles. The average molecular weight is 402 g/mol. The van der Waals surface area contributed by atoms with Gasteiger partial charge in [0.1, 0.15) is 5.69 Å². The third-order valence-corrected chi connectivity index (χ3v) is 7.22. The molecular formula is C22H31N3O2S. The van der Waals surface area contributed by atoms with Crippen LogP contribution in [0.5, 0.6) is 0 Å². The minimum absolute atomic E-state index is 0.0722. The lowest BCUT2D eigenvalue weighted by Gasteiger charge is -2.39. The molecule has 5 nitrogen and oxygen atoms in total. The number of fused-ring (bicyclic) bond motifs is 1. The fourth-order valence-corrected chi connectivity index (χ4v) is 5.91. The van der Waals surface area contributed by atoms with Crippen LogP contribution in [-0.2, 0) is 11.3 Å². The molecule has 6 heteroatoms. The lowest BCUT2D eigenvalue weighted by atomic mass is 9.89. The van der Waals surface area contributed by atoms with Gasteiger partial charge in [0.2, 0.25) is 5.91 Å². The fourth-order valence-electron chi connectivity index (χ4n) is 5.09. The molecule has 0 bridgehead atoms. The maximum absolute atomic E-state index is 13.1. The zero-order chi connectivity index (χ0) is 19.8. The van der Waals surface area contributed by atoms with Crippen molar-refractivity contribution in [1.29, 1.82) is 0 Å². The van der Waals surface area contributed by atoms with Crippen LogP contribution in [0.25, 0.3) is 10.2 Å². The highest BCUT2D eigenvalue weighted by Crippen LogP contribution is 2.29. The standard InChI is InChI=1S/C22H31N3O2S/c1-4-25-18-7-10-28-20(18)12-19(25)22(27)23-8-5-17(6-9-23)21(26)24-13-15(2)11-16(3)14-24/h7,10,12,15-17H,4-6,8-9,11,13-14H2,1-3H3. The third-order valence-electron chi connectivity index (χ3n) is 6.37. The third kappa shape index (κ3) is 3.59. The quantitative estimate of drug-likeness (QED) is 0.778. The predicted molar refractivity (Wildman–Crippen MR) is 114 cm³/mol. The molecule has 2 amide bonds. The molecular weight excluding hydrogens is 370 g/mol. The second-order valence-electron chi connectivity index (χ2n) is 8.70. The van der Waals surface area contributed by atoms with Crippen molar-refractivity contribution < 1.29 is 9.59 Å². The molecule has 28 heavy (non-hydrogen) atoms. The number of nitrogens with zero attached hydrogens (tertiary/aromatic N) is 3. The van der Waals surface area contributed by atoms with Gasteiger partial charge in [-0.3, -0.25) is 9.59 Å². The number of carbonyl (C=O) groups is 2. The lowest BCUT2D eigenvalue weighted by Crippen LogP contribution is -2.48. The van der Waals surface area contributed by atoms with Gasteiger partial charge < -0.3 is 14.4 Å². The second kappa shape index (κ2) is 7.90. The molecule has 2 aromatic rings. The number of carbonyl (C=O) groups excluding carboxylic acids is 2. The molecule has 2 atom stereocenters. The van der Waals surface area contributed by atoms with E-state index in [-0.39, 0.29) is 11.8 Å². The second-order valence-corrected chi connectivity index (χ2v) is 9.65. The zero-order valence-corrected chi connectivity index (χ0v) is 18.0. The Hall–Kier alpha value is -1.82. The van der Waals surface area contributed by atoms with Gasteiger partial charge in [-0.1, -0.05) is 13.8 Å². The van der Waals surface area contributed by atoms with E-state index in [1.165, 1.54) is 11.1 Å². The first-order valence-corrected chi connectivity index (χ1v) is 11.5. The number of hydrogen-bond acceptors (Lipinski definition) is 3. The molecule has 0 aliphatic carbocycles. The van der Waals surface area contributed by atoms with Crippen LogP contribution in [0.2, 0.25) is 0 Å². The van der Waals surface area contributed by atoms with Crippen molar-refractivity contribution in [2.45, 2.75) is 46.6 Å². The Bertz CT molecular complexity index is 852. The van der Waals surface area contributed by atoms with E-state index >= 15 is 0 Å². The first-order chi connectivity index (χ1) is 13.5. The molecule has 0 radical (unpaired) electrons. The van der Waals surface area contributed by atoms with Crippen molar-refractivity contribution >= 4 is 33.4 Å². The van der Waals surface area contributed by atoms with Crippen molar-refractivity contribution in [3.63, 3.8) is 0 Å². The summed E-state index contributed by atoms with van der Waals surface area (Å²) in [6.45, 7) is 10.5. The molecule has 152 valence electrons. The van der Waals surface area contributed by atoms with Crippen LogP contribution in [0.4, 0.5) is 0 Å². The van der Waals surface area contributed by atoms with Crippen LogP contribution in [-0.4, -0.2) is 52.4 Å². The van der Waals surface area contributed by atoms with Gasteiger partial charge in [0.05, 0.1) is 10.2 Å². The van der Waals surface area contributed by atoms with Gasteiger partial charge in [0, 0.05) is 38.6 Å². The van der Waals surface area contributed by atoms with E-state index in [2.05, 4.69) is 41.7 Å². The van der Waals surface area contributed by atoms with Crippen molar-refractivity contribution in [1.82, 2.24) is 14.4 Å². The van der Waals surface area contributed by atoms with Crippen molar-refractivity contribution in [2.24, 2.45) is 17.8 Å². The summed E-state index contributed by atoms with van der Waals surface area (Å²) in [6, 6.07) is 4.12. The van der Waals surface area contributed by atoms with Crippen LogP contribution < -0.4 is 0 Å². The molecule has 0 spiro atoms. The van der Waals surface area contributed by atoms with Gasteiger partial charge >= 0.3 is 0 Å². The first kappa shape index (κ1) is 19.5. The Morgan fingerprint density at radius 1 is 1.11 bits per heavy atom. The summed E-state index contributed by atoms with van der Waals surface area (Å²) in [4.78, 5) is 30.1. The summed E-state index contributed by atoms with van der Waals surface area (Å²) in [5.74, 6) is 1.66. The summed E-state index contributed by atoms with van der Waals surface area (Å²) in [7, 11) is 0. The highest BCUT2D eigenvalue weighted by molar-refractivity contribution is 7.17. The molecule has 2 unspecified atom stereocenters. The molecule has 2 aromatic heterocycles. The maximum atomic E-state index is 13.1. The fraction of sp³-hybridized carbons (Fsp3) is 0.636. The molecule has 0 N–H and O–H groups in total. The first-order valence-electron chi connectivity index (χ1n) is 10.6. The van der Waals surface area contributed by atoms with E-state index in [1.807, 2.05) is 11.0 Å². The van der Waals surface area contributed by atoms with Gasteiger partial charge in [0.15, 0.2) is 0 Å². The van der Waals surface area contributed by atoms with E-state index in [1.54, 1.807) is 11.3 Å². The molecule has 4 rings (SSSR count). The Morgan fingerprint density at radius 2 is 1.79 bits per heavy atom. The van der Waals surface area contributed by atoms with Gasteiger partial charge in [0.25, 0.3) is 5.91 Å². The molecule has 2 aliphatic rings. The van der Waals surface area contributed by atoms with Crippen molar-refractivity contribution in [2.75, 3.05) is 26.2 Å². The summed E-state index contributed by atoms with van der Waals surface area (Å²) < 4.78 is 3.28. The highest BCUT2D eigenvalue weighted by atomic mass is 32.1. The van der Waals surface area contributed by atoms with E-state index in [0.717, 1.165) is 43.7 Å². The number of aryl methyl sites for hydroxylation is 1. The topological polar surface area (TPSA) is 45.6 Å². The van der Waals surface area contributed by atoms with E-state index in [4.69, 9.17) is 0 Å². The summed E-state index contributed by atoms with van der Waals surface area (Å²) in [5, 5.41) is 2.07. The molecule has 2 fully saturated rings. The Morgan fingerprint density at radius 3 is 2.43 bits per heavy atom. The van der Waals surface area contributed by atoms with Crippen molar-refractivity contribution in [3.05, 3.63) is 23.2 Å². The smallest absolute Gasteiger partial charge is 0.270 e. The van der Waals surface area contributed by atoms with Crippen LogP contribution in [0.3, 0.4) is 0 Å². The number of likely N-dealkylation sites (tertiary alicyclic amines) is 2. The number of hydrogen-bond donors (Lipinski definition) is 0. The van der Waals surface area contributed by atoms with E-state index in [0.29, 0.717) is 30.8 Å². The zero-order valence-electron chi connectivity index (χ0n) is 17.2. The van der Waals surface area contributed by atoms with Crippen LogP contribution in [0, 0.1) is 17.8 Å². The van der Waals surface area contributed by atoms with Crippen LogP contribution in [0.15, 0.2) is 17.5 Å². The number of amides is 2. The summed E-state index contributed by atoms with van der Waals surface area (Å²) >= 11 is 1.68. The predicted octanol–water partition coefficient (Wildman–Crippen LogP) is 4.08. The van der Waals surface area contributed by atoms with E-state index in [9.17, 15) is 9.59 Å². The average Bonchev–Trinajstić information content (AvgIpc) is 3.27. The number of thiophene rings is 1. The maximum Gasteiger partial charge on any atom is 0.270 e. The van der Waals surface area contributed by atoms with E-state index < -0.39 is 0 Å². The number of aromatic nitrogens is 1. The normalized spacial score (nSPS) is 24.1. The van der Waals surface area contributed by atoms with Crippen molar-refractivity contribution in [3.8, 4) is 0 Å². The van der Waals surface area contributed by atoms with Gasteiger partial charge in [-0.2, -0.15) is 0 Å². The minimum atomic E-state index is 0.0722. The Labute approximate surface area is 171 Å². The van der Waals surface area contributed by atoms with Gasteiger partial charge in [-0.15, -0.1) is 11.3 Å². The summed E-state index contributed by atoms with van der Waals surface area (Å²) in [6.07, 6.45) is 2.78. The summed E-state index contributed by atoms with van der Waals surface area (Å²) in [5.41, 5.74) is 1.93. The molecule has 0 aromatic carbocycles. The number of piperidine rings is 2. The van der Waals surface area contributed by atoms with Crippen LogP contribution in [0.1, 0.15) is 50.5 Å². The largest absolute Gasteiger partial charge is 0.342 e. The SMILES string of the molecule is CCn1c(C(=O)N2CCC(C(=O)N3CC(C)CC(C)C3)CC2)cc2sccc21. The molecule has 2 aliphatic heterocycles. The Kier molecular flexibility index (Phi) is 5.50. The number of rotatable bonds is 3. The highest BCUT2D eigenvalue weighted by Gasteiger charge is 2.34. The van der Waals surface area contributed by atoms with Gasteiger partial charge in [-0.05, 0) is 55.5 Å². The van der Waals surface area contributed by atoms with Crippen LogP contribution >= 0.6 is 11.3 Å². The monoisotopic (exact) mass is 401 g/mol. The molecule has 2 saturated heterocycles. The minimum Gasteiger partial charge on any atom is -0.342 e. The Balaban J connectivity index is 1.40.